The highest BCUT2D eigenvalue weighted by Gasteiger charge is 2.36. The molecule has 156 valence electrons. The van der Waals surface area contributed by atoms with E-state index in [9.17, 15) is 9.18 Å². The maximum Gasteiger partial charge on any atom is 0.257 e. The highest BCUT2D eigenvalue weighted by molar-refractivity contribution is 6.03. The Balaban J connectivity index is 1.61. The Kier molecular flexibility index (Phi) is 6.38. The Hall–Kier alpha value is -2.79. The third-order valence-corrected chi connectivity index (χ3v) is 6.08. The molecule has 0 bridgehead atoms. The van der Waals surface area contributed by atoms with Crippen molar-refractivity contribution in [3.05, 3.63) is 84.2 Å². The quantitative estimate of drug-likeness (QED) is 0.612. The molecule has 30 heavy (non-hydrogen) atoms. The van der Waals surface area contributed by atoms with Crippen molar-refractivity contribution in [2.45, 2.75) is 44.2 Å². The smallest absolute Gasteiger partial charge is 0.257 e. The molecule has 0 aromatic heterocycles. The summed E-state index contributed by atoms with van der Waals surface area (Å²) in [5.41, 5.74) is 2.29. The van der Waals surface area contributed by atoms with Gasteiger partial charge in [0.2, 0.25) is 0 Å². The summed E-state index contributed by atoms with van der Waals surface area (Å²) in [5.74, 6) is -0.397. The van der Waals surface area contributed by atoms with Crippen molar-refractivity contribution >= 4 is 11.6 Å². The third kappa shape index (κ3) is 4.36. The number of benzene rings is 2. The number of hydrazone groups is 1. The summed E-state index contributed by atoms with van der Waals surface area (Å²) in [4.78, 5) is 15.6. The average molecular weight is 406 g/mol. The van der Waals surface area contributed by atoms with E-state index in [2.05, 4.69) is 16.6 Å². The Morgan fingerprint density at radius 1 is 1.13 bits per heavy atom. The van der Waals surface area contributed by atoms with Crippen LogP contribution in [-0.4, -0.2) is 40.7 Å². The van der Waals surface area contributed by atoms with Crippen molar-refractivity contribution < 1.29 is 9.18 Å². The molecule has 1 saturated carbocycles. The molecule has 0 radical (unpaired) electrons. The first-order valence-electron chi connectivity index (χ1n) is 10.7. The van der Waals surface area contributed by atoms with E-state index in [1.807, 2.05) is 42.5 Å². The van der Waals surface area contributed by atoms with Gasteiger partial charge in [-0.05, 0) is 24.5 Å². The number of rotatable bonds is 7. The SMILES string of the molecule is C=CCN(CC(=O)N1N=C(c2ccccc2)CC1c1ccccc1F)C1CCCC1. The van der Waals surface area contributed by atoms with Gasteiger partial charge >= 0.3 is 0 Å². The molecule has 1 atom stereocenters. The number of halogens is 1. The monoisotopic (exact) mass is 405 g/mol. The van der Waals surface area contributed by atoms with Crippen LogP contribution in [0.2, 0.25) is 0 Å². The second-order valence-electron chi connectivity index (χ2n) is 8.05. The van der Waals surface area contributed by atoms with E-state index in [-0.39, 0.29) is 18.3 Å². The van der Waals surface area contributed by atoms with Gasteiger partial charge in [-0.3, -0.25) is 9.69 Å². The molecular formula is C25H28FN3O. The van der Waals surface area contributed by atoms with Crippen molar-refractivity contribution in [2.75, 3.05) is 13.1 Å². The Labute approximate surface area is 177 Å². The lowest BCUT2D eigenvalue weighted by Crippen LogP contribution is -2.42. The number of hydrogen-bond acceptors (Lipinski definition) is 3. The molecule has 4 rings (SSSR count). The van der Waals surface area contributed by atoms with Gasteiger partial charge in [-0.2, -0.15) is 5.10 Å². The molecule has 1 fully saturated rings. The van der Waals surface area contributed by atoms with Crippen LogP contribution < -0.4 is 0 Å². The fraction of sp³-hybridized carbons (Fsp3) is 0.360. The number of hydrogen-bond donors (Lipinski definition) is 0. The van der Waals surface area contributed by atoms with Gasteiger partial charge < -0.3 is 0 Å². The predicted octanol–water partition coefficient (Wildman–Crippen LogP) is 4.93. The van der Waals surface area contributed by atoms with Crippen molar-refractivity contribution in [2.24, 2.45) is 5.10 Å². The van der Waals surface area contributed by atoms with E-state index in [4.69, 9.17) is 0 Å². The average Bonchev–Trinajstić information content (AvgIpc) is 3.45. The van der Waals surface area contributed by atoms with Gasteiger partial charge in [-0.15, -0.1) is 6.58 Å². The molecule has 1 aliphatic carbocycles. The van der Waals surface area contributed by atoms with Gasteiger partial charge in [0.25, 0.3) is 5.91 Å². The predicted molar refractivity (Wildman–Crippen MR) is 118 cm³/mol. The first-order chi connectivity index (χ1) is 14.7. The molecule has 1 unspecified atom stereocenters. The second kappa shape index (κ2) is 9.35. The zero-order chi connectivity index (χ0) is 20.9. The van der Waals surface area contributed by atoms with Gasteiger partial charge in [0.1, 0.15) is 5.82 Å². The van der Waals surface area contributed by atoms with Crippen LogP contribution in [0.5, 0.6) is 0 Å². The van der Waals surface area contributed by atoms with E-state index in [0.29, 0.717) is 24.6 Å². The van der Waals surface area contributed by atoms with Gasteiger partial charge in [-0.1, -0.05) is 67.4 Å². The lowest BCUT2D eigenvalue weighted by Gasteiger charge is -2.30. The molecule has 2 aliphatic rings. The van der Waals surface area contributed by atoms with Crippen molar-refractivity contribution in [1.82, 2.24) is 9.91 Å². The summed E-state index contributed by atoms with van der Waals surface area (Å²) in [6.45, 7) is 4.80. The minimum Gasteiger partial charge on any atom is -0.288 e. The summed E-state index contributed by atoms with van der Waals surface area (Å²) in [5, 5.41) is 6.18. The molecule has 2 aromatic rings. The van der Waals surface area contributed by atoms with Crippen LogP contribution in [-0.2, 0) is 4.79 Å². The molecular weight excluding hydrogens is 377 g/mol. The molecule has 1 aliphatic heterocycles. The number of carbonyl (C=O) groups excluding carboxylic acids is 1. The number of amides is 1. The van der Waals surface area contributed by atoms with Crippen LogP contribution >= 0.6 is 0 Å². The van der Waals surface area contributed by atoms with Crippen LogP contribution in [0.4, 0.5) is 4.39 Å². The fourth-order valence-corrected chi connectivity index (χ4v) is 4.56. The van der Waals surface area contributed by atoms with Crippen LogP contribution in [0.25, 0.3) is 0 Å². The van der Waals surface area contributed by atoms with Crippen LogP contribution in [0, 0.1) is 5.82 Å². The molecule has 0 spiro atoms. The molecule has 1 heterocycles. The van der Waals surface area contributed by atoms with Gasteiger partial charge in [0.15, 0.2) is 0 Å². The second-order valence-corrected chi connectivity index (χ2v) is 8.05. The number of carbonyl (C=O) groups is 1. The molecule has 0 saturated heterocycles. The Morgan fingerprint density at radius 3 is 2.53 bits per heavy atom. The highest BCUT2D eigenvalue weighted by Crippen LogP contribution is 2.34. The van der Waals surface area contributed by atoms with Crippen LogP contribution in [0.1, 0.15) is 49.3 Å². The largest absolute Gasteiger partial charge is 0.288 e. The molecule has 2 aromatic carbocycles. The molecule has 0 N–H and O–H groups in total. The van der Waals surface area contributed by atoms with Crippen molar-refractivity contribution in [3.63, 3.8) is 0 Å². The van der Waals surface area contributed by atoms with Gasteiger partial charge in [0, 0.05) is 24.6 Å². The maximum atomic E-state index is 14.6. The zero-order valence-electron chi connectivity index (χ0n) is 17.2. The molecule has 4 nitrogen and oxygen atoms in total. The lowest BCUT2D eigenvalue weighted by atomic mass is 9.98. The summed E-state index contributed by atoms with van der Waals surface area (Å²) < 4.78 is 14.6. The fourth-order valence-electron chi connectivity index (χ4n) is 4.56. The maximum absolute atomic E-state index is 14.6. The van der Waals surface area contributed by atoms with Crippen molar-refractivity contribution in [3.8, 4) is 0 Å². The summed E-state index contributed by atoms with van der Waals surface area (Å²) >= 11 is 0. The summed E-state index contributed by atoms with van der Waals surface area (Å²) in [6.07, 6.45) is 6.96. The highest BCUT2D eigenvalue weighted by atomic mass is 19.1. The lowest BCUT2D eigenvalue weighted by molar-refractivity contribution is -0.134. The van der Waals surface area contributed by atoms with Gasteiger partial charge in [0.05, 0.1) is 18.3 Å². The standard InChI is InChI=1S/C25H28FN3O/c1-2-16-28(20-12-6-7-13-20)18-25(30)29-24(21-14-8-9-15-22(21)26)17-23(27-29)19-10-4-3-5-11-19/h2-5,8-11,14-15,20,24H,1,6-7,12-13,16-18H2. The molecule has 5 heteroatoms. The Morgan fingerprint density at radius 2 is 1.83 bits per heavy atom. The minimum atomic E-state index is -0.428. The normalized spacial score (nSPS) is 19.3. The minimum absolute atomic E-state index is 0.0945. The summed E-state index contributed by atoms with van der Waals surface area (Å²) in [6, 6.07) is 16.5. The first-order valence-corrected chi connectivity index (χ1v) is 10.7. The van der Waals surface area contributed by atoms with E-state index in [1.165, 1.54) is 23.9 Å². The zero-order valence-corrected chi connectivity index (χ0v) is 17.2. The Bertz CT molecular complexity index is 921. The van der Waals surface area contributed by atoms with E-state index >= 15 is 0 Å². The molecule has 1 amide bonds. The first kappa shape index (κ1) is 20.5. The summed E-state index contributed by atoms with van der Waals surface area (Å²) in [7, 11) is 0. The van der Waals surface area contributed by atoms with E-state index in [1.54, 1.807) is 12.1 Å². The van der Waals surface area contributed by atoms with Crippen molar-refractivity contribution in [1.29, 1.82) is 0 Å². The number of nitrogens with zero attached hydrogens (tertiary/aromatic N) is 3. The van der Waals surface area contributed by atoms with Crippen LogP contribution in [0.15, 0.2) is 72.4 Å². The topological polar surface area (TPSA) is 35.9 Å². The van der Waals surface area contributed by atoms with Gasteiger partial charge in [-0.25, -0.2) is 9.40 Å². The van der Waals surface area contributed by atoms with Crippen LogP contribution in [0.3, 0.4) is 0 Å². The van der Waals surface area contributed by atoms with E-state index in [0.717, 1.165) is 24.1 Å². The van der Waals surface area contributed by atoms with E-state index < -0.39 is 6.04 Å². The third-order valence-electron chi connectivity index (χ3n) is 6.08.